The summed E-state index contributed by atoms with van der Waals surface area (Å²) in [6.45, 7) is 2.51. The minimum atomic E-state index is 0.113. The first-order valence-electron chi connectivity index (χ1n) is 6.81. The molecule has 3 nitrogen and oxygen atoms in total. The van der Waals surface area contributed by atoms with Gasteiger partial charge < -0.3 is 9.64 Å². The highest BCUT2D eigenvalue weighted by molar-refractivity contribution is 6.31. The first-order chi connectivity index (χ1) is 10.1. The lowest BCUT2D eigenvalue weighted by Gasteiger charge is -2.18. The molecule has 0 aliphatic carbocycles. The number of rotatable bonds is 3. The maximum atomic E-state index is 12.2. The summed E-state index contributed by atoms with van der Waals surface area (Å²) >= 11 is 6.19. The lowest BCUT2D eigenvalue weighted by atomic mass is 10.1. The Labute approximate surface area is 129 Å². The lowest BCUT2D eigenvalue weighted by Crippen LogP contribution is -2.25. The van der Waals surface area contributed by atoms with E-state index in [9.17, 15) is 4.79 Å². The Kier molecular flexibility index (Phi) is 3.60. The molecular formula is C17H16ClNO2. The topological polar surface area (TPSA) is 29.5 Å². The molecule has 1 aliphatic heterocycles. The maximum absolute atomic E-state index is 12.2. The van der Waals surface area contributed by atoms with E-state index in [-0.39, 0.29) is 5.91 Å². The van der Waals surface area contributed by atoms with Crippen LogP contribution in [0.2, 0.25) is 5.02 Å². The largest absolute Gasteiger partial charge is 0.497 e. The second-order valence-corrected chi connectivity index (χ2v) is 5.64. The molecule has 0 saturated heterocycles. The zero-order chi connectivity index (χ0) is 15.0. The van der Waals surface area contributed by atoms with E-state index in [1.807, 2.05) is 43.3 Å². The van der Waals surface area contributed by atoms with Crippen molar-refractivity contribution in [1.29, 1.82) is 0 Å². The van der Waals surface area contributed by atoms with Gasteiger partial charge in [-0.05, 0) is 41.8 Å². The smallest absolute Gasteiger partial charge is 0.231 e. The van der Waals surface area contributed by atoms with Crippen LogP contribution in [0.15, 0.2) is 36.4 Å². The van der Waals surface area contributed by atoms with Crippen molar-refractivity contribution in [3.8, 4) is 5.75 Å². The molecule has 2 aromatic rings. The van der Waals surface area contributed by atoms with Crippen LogP contribution in [-0.2, 0) is 17.8 Å². The molecule has 0 bridgehead atoms. The normalized spacial score (nSPS) is 13.5. The van der Waals surface area contributed by atoms with Crippen LogP contribution in [0.5, 0.6) is 5.75 Å². The molecule has 1 aliphatic rings. The molecule has 1 amide bonds. The Bertz CT molecular complexity index is 695. The van der Waals surface area contributed by atoms with Crippen molar-refractivity contribution in [3.63, 3.8) is 0 Å². The highest BCUT2D eigenvalue weighted by Crippen LogP contribution is 2.34. The van der Waals surface area contributed by atoms with Gasteiger partial charge in [-0.1, -0.05) is 29.8 Å². The summed E-state index contributed by atoms with van der Waals surface area (Å²) < 4.78 is 5.15. The number of halogens is 1. The van der Waals surface area contributed by atoms with E-state index in [1.54, 1.807) is 12.0 Å². The van der Waals surface area contributed by atoms with Gasteiger partial charge in [-0.3, -0.25) is 4.79 Å². The zero-order valence-corrected chi connectivity index (χ0v) is 12.8. The van der Waals surface area contributed by atoms with Gasteiger partial charge in [0.2, 0.25) is 5.91 Å². The molecular weight excluding hydrogens is 286 g/mol. The number of hydrogen-bond acceptors (Lipinski definition) is 2. The van der Waals surface area contributed by atoms with Crippen molar-refractivity contribution in [1.82, 2.24) is 0 Å². The Morgan fingerprint density at radius 1 is 1.24 bits per heavy atom. The summed E-state index contributed by atoms with van der Waals surface area (Å²) in [5.74, 6) is 0.924. The van der Waals surface area contributed by atoms with E-state index in [0.717, 1.165) is 28.1 Å². The molecule has 108 valence electrons. The number of benzene rings is 2. The molecule has 0 saturated carbocycles. The average molecular weight is 302 g/mol. The van der Waals surface area contributed by atoms with E-state index in [2.05, 4.69) is 0 Å². The first kappa shape index (κ1) is 14.0. The molecule has 1 heterocycles. The fourth-order valence-electron chi connectivity index (χ4n) is 2.60. The van der Waals surface area contributed by atoms with Crippen LogP contribution in [0.4, 0.5) is 5.69 Å². The zero-order valence-electron chi connectivity index (χ0n) is 12.0. The van der Waals surface area contributed by atoms with Crippen molar-refractivity contribution in [2.45, 2.75) is 19.9 Å². The predicted molar refractivity (Wildman–Crippen MR) is 84.1 cm³/mol. The summed E-state index contributed by atoms with van der Waals surface area (Å²) in [7, 11) is 1.64. The summed E-state index contributed by atoms with van der Waals surface area (Å²) in [6, 6.07) is 11.6. The molecule has 0 atom stereocenters. The second-order valence-electron chi connectivity index (χ2n) is 5.23. The highest BCUT2D eigenvalue weighted by atomic mass is 35.5. The molecule has 0 radical (unpaired) electrons. The summed E-state index contributed by atoms with van der Waals surface area (Å²) in [5, 5.41) is 0.697. The van der Waals surface area contributed by atoms with E-state index in [0.29, 0.717) is 18.0 Å². The fourth-order valence-corrected chi connectivity index (χ4v) is 2.76. The van der Waals surface area contributed by atoms with Gasteiger partial charge in [0, 0.05) is 10.7 Å². The maximum Gasteiger partial charge on any atom is 0.231 e. The van der Waals surface area contributed by atoms with E-state index < -0.39 is 0 Å². The Hall–Kier alpha value is -2.00. The Balaban J connectivity index is 1.89. The van der Waals surface area contributed by atoms with Crippen LogP contribution >= 0.6 is 11.6 Å². The Morgan fingerprint density at radius 3 is 2.62 bits per heavy atom. The van der Waals surface area contributed by atoms with Crippen molar-refractivity contribution >= 4 is 23.2 Å². The van der Waals surface area contributed by atoms with Crippen LogP contribution in [0.3, 0.4) is 0 Å². The minimum absolute atomic E-state index is 0.113. The van der Waals surface area contributed by atoms with Gasteiger partial charge in [-0.15, -0.1) is 0 Å². The SMILES string of the molecule is COc1ccc(CN2C(=O)Cc3cc(C)c(Cl)cc32)cc1. The molecule has 0 unspecified atom stereocenters. The molecule has 2 aromatic carbocycles. The number of ether oxygens (including phenoxy) is 1. The summed E-state index contributed by atoms with van der Waals surface area (Å²) in [6.07, 6.45) is 0.448. The highest BCUT2D eigenvalue weighted by Gasteiger charge is 2.28. The molecule has 3 rings (SSSR count). The number of hydrogen-bond donors (Lipinski definition) is 0. The van der Waals surface area contributed by atoms with E-state index >= 15 is 0 Å². The minimum Gasteiger partial charge on any atom is -0.497 e. The second kappa shape index (κ2) is 5.41. The average Bonchev–Trinajstić information content (AvgIpc) is 2.76. The number of anilines is 1. The summed E-state index contributed by atoms with van der Waals surface area (Å²) in [4.78, 5) is 14.0. The third kappa shape index (κ3) is 2.61. The van der Waals surface area contributed by atoms with Crippen molar-refractivity contribution in [2.24, 2.45) is 0 Å². The van der Waals surface area contributed by atoms with Gasteiger partial charge in [0.1, 0.15) is 5.75 Å². The molecule has 0 fully saturated rings. The van der Waals surface area contributed by atoms with Crippen molar-refractivity contribution in [3.05, 3.63) is 58.1 Å². The van der Waals surface area contributed by atoms with Gasteiger partial charge in [0.05, 0.1) is 20.1 Å². The summed E-state index contributed by atoms with van der Waals surface area (Å²) in [5.41, 5.74) is 4.05. The number of fused-ring (bicyclic) bond motifs is 1. The van der Waals surface area contributed by atoms with Gasteiger partial charge in [0.25, 0.3) is 0 Å². The van der Waals surface area contributed by atoms with Crippen LogP contribution < -0.4 is 9.64 Å². The predicted octanol–water partition coefficient (Wildman–Crippen LogP) is 3.75. The van der Waals surface area contributed by atoms with Crippen LogP contribution in [0, 0.1) is 6.92 Å². The van der Waals surface area contributed by atoms with Gasteiger partial charge in [-0.2, -0.15) is 0 Å². The molecule has 0 N–H and O–H groups in total. The van der Waals surface area contributed by atoms with E-state index in [4.69, 9.17) is 16.3 Å². The van der Waals surface area contributed by atoms with Crippen LogP contribution in [0.1, 0.15) is 16.7 Å². The molecule has 21 heavy (non-hydrogen) atoms. The molecule has 4 heteroatoms. The number of carbonyl (C=O) groups excluding carboxylic acids is 1. The van der Waals surface area contributed by atoms with Gasteiger partial charge >= 0.3 is 0 Å². The van der Waals surface area contributed by atoms with Crippen LogP contribution in [0.25, 0.3) is 0 Å². The number of methoxy groups -OCH3 is 1. The Morgan fingerprint density at radius 2 is 1.95 bits per heavy atom. The fraction of sp³-hybridized carbons (Fsp3) is 0.235. The number of amides is 1. The third-order valence-corrected chi connectivity index (χ3v) is 4.20. The van der Waals surface area contributed by atoms with E-state index in [1.165, 1.54) is 0 Å². The molecule has 0 aromatic heterocycles. The standard InChI is InChI=1S/C17H16ClNO2/c1-11-7-13-8-17(20)19(16(13)9-15(11)18)10-12-3-5-14(21-2)6-4-12/h3-7,9H,8,10H2,1-2H3. The van der Waals surface area contributed by atoms with Crippen molar-refractivity contribution < 1.29 is 9.53 Å². The van der Waals surface area contributed by atoms with Gasteiger partial charge in [0.15, 0.2) is 0 Å². The van der Waals surface area contributed by atoms with Gasteiger partial charge in [-0.25, -0.2) is 0 Å². The first-order valence-corrected chi connectivity index (χ1v) is 7.18. The number of aryl methyl sites for hydroxylation is 1. The van der Waals surface area contributed by atoms with Crippen molar-refractivity contribution in [2.75, 3.05) is 12.0 Å². The number of carbonyl (C=O) groups is 1. The molecule has 0 spiro atoms. The lowest BCUT2D eigenvalue weighted by molar-refractivity contribution is -0.117. The monoisotopic (exact) mass is 301 g/mol. The number of nitrogens with zero attached hydrogens (tertiary/aromatic N) is 1. The quantitative estimate of drug-likeness (QED) is 0.864. The van der Waals surface area contributed by atoms with Crippen LogP contribution in [-0.4, -0.2) is 13.0 Å². The third-order valence-electron chi connectivity index (χ3n) is 3.79.